The largest absolute Gasteiger partial charge is 0.477 e. The fraction of sp³-hybridized carbons (Fsp3) is 0.0833. The standard InChI is InChI=1S/C12H10N2O3S/c1-7-4-5-13-6-8(7)14-11(15)9-2-3-10(18-9)12(16)17/h2-6H,1H3,(H,14,15)(H,16,17). The van der Waals surface area contributed by atoms with Gasteiger partial charge in [-0.1, -0.05) is 0 Å². The fourth-order valence-corrected chi connectivity index (χ4v) is 2.09. The summed E-state index contributed by atoms with van der Waals surface area (Å²) < 4.78 is 0. The van der Waals surface area contributed by atoms with Gasteiger partial charge in [0, 0.05) is 6.20 Å². The number of aromatic nitrogens is 1. The second-order valence-electron chi connectivity index (χ2n) is 3.61. The molecule has 6 heteroatoms. The van der Waals surface area contributed by atoms with E-state index in [0.29, 0.717) is 10.6 Å². The Hall–Kier alpha value is -2.21. The van der Waals surface area contributed by atoms with Crippen LogP contribution < -0.4 is 5.32 Å². The highest BCUT2D eigenvalue weighted by Gasteiger charge is 2.13. The van der Waals surface area contributed by atoms with E-state index in [2.05, 4.69) is 10.3 Å². The number of anilines is 1. The number of thiophene rings is 1. The second kappa shape index (κ2) is 4.97. The Labute approximate surface area is 107 Å². The van der Waals surface area contributed by atoms with Crippen molar-refractivity contribution in [3.63, 3.8) is 0 Å². The number of carboxylic acid groups (broad SMARTS) is 1. The molecule has 2 heterocycles. The number of aryl methyl sites for hydroxylation is 1. The molecular formula is C12H10N2O3S. The van der Waals surface area contributed by atoms with Crippen LogP contribution in [0.15, 0.2) is 30.6 Å². The topological polar surface area (TPSA) is 79.3 Å². The van der Waals surface area contributed by atoms with Crippen LogP contribution in [0.2, 0.25) is 0 Å². The molecule has 0 aliphatic heterocycles. The molecule has 0 fully saturated rings. The highest BCUT2D eigenvalue weighted by molar-refractivity contribution is 7.15. The van der Waals surface area contributed by atoms with Gasteiger partial charge in [0.25, 0.3) is 5.91 Å². The lowest BCUT2D eigenvalue weighted by atomic mass is 10.2. The van der Waals surface area contributed by atoms with E-state index in [0.717, 1.165) is 16.9 Å². The van der Waals surface area contributed by atoms with Crippen molar-refractivity contribution in [2.24, 2.45) is 0 Å². The molecule has 0 bridgehead atoms. The molecule has 0 spiro atoms. The SMILES string of the molecule is Cc1ccncc1NC(=O)c1ccc(C(=O)O)s1. The number of nitrogens with zero attached hydrogens (tertiary/aromatic N) is 1. The van der Waals surface area contributed by atoms with E-state index in [-0.39, 0.29) is 10.8 Å². The Morgan fingerprint density at radius 3 is 2.61 bits per heavy atom. The van der Waals surface area contributed by atoms with E-state index in [9.17, 15) is 9.59 Å². The van der Waals surface area contributed by atoms with Gasteiger partial charge in [-0.05, 0) is 30.7 Å². The van der Waals surface area contributed by atoms with Gasteiger partial charge in [-0.2, -0.15) is 0 Å². The highest BCUT2D eigenvalue weighted by Crippen LogP contribution is 2.19. The van der Waals surface area contributed by atoms with Crippen molar-refractivity contribution in [1.29, 1.82) is 0 Å². The number of nitrogens with one attached hydrogen (secondary N) is 1. The average Bonchev–Trinajstić information content (AvgIpc) is 2.81. The molecule has 18 heavy (non-hydrogen) atoms. The maximum atomic E-state index is 11.9. The lowest BCUT2D eigenvalue weighted by Gasteiger charge is -2.05. The normalized spacial score (nSPS) is 10.1. The predicted octanol–water partition coefficient (Wildman–Crippen LogP) is 2.40. The first-order chi connectivity index (χ1) is 8.58. The molecule has 2 rings (SSSR count). The Kier molecular flexibility index (Phi) is 3.38. The monoisotopic (exact) mass is 262 g/mol. The van der Waals surface area contributed by atoms with Crippen LogP contribution in [0.1, 0.15) is 24.9 Å². The van der Waals surface area contributed by atoms with Crippen molar-refractivity contribution in [3.8, 4) is 0 Å². The van der Waals surface area contributed by atoms with Gasteiger partial charge in [0.2, 0.25) is 0 Å². The number of carbonyl (C=O) groups excluding carboxylic acids is 1. The van der Waals surface area contributed by atoms with Gasteiger partial charge in [-0.15, -0.1) is 11.3 Å². The van der Waals surface area contributed by atoms with E-state index < -0.39 is 5.97 Å². The van der Waals surface area contributed by atoms with Gasteiger partial charge in [0.15, 0.2) is 0 Å². The molecule has 0 aromatic carbocycles. The summed E-state index contributed by atoms with van der Waals surface area (Å²) >= 11 is 0.942. The van der Waals surface area contributed by atoms with Gasteiger partial charge < -0.3 is 10.4 Å². The van der Waals surface area contributed by atoms with Gasteiger partial charge in [-0.25, -0.2) is 4.79 Å². The smallest absolute Gasteiger partial charge is 0.345 e. The van der Waals surface area contributed by atoms with E-state index in [1.807, 2.05) is 6.92 Å². The first-order valence-electron chi connectivity index (χ1n) is 5.13. The molecule has 0 aliphatic carbocycles. The first-order valence-corrected chi connectivity index (χ1v) is 5.94. The van der Waals surface area contributed by atoms with E-state index in [1.54, 1.807) is 18.5 Å². The molecule has 0 atom stereocenters. The Morgan fingerprint density at radius 1 is 1.28 bits per heavy atom. The van der Waals surface area contributed by atoms with Crippen molar-refractivity contribution in [3.05, 3.63) is 45.9 Å². The summed E-state index contributed by atoms with van der Waals surface area (Å²) in [5.74, 6) is -1.36. The lowest BCUT2D eigenvalue weighted by molar-refractivity contribution is 0.0702. The number of aromatic carboxylic acids is 1. The Morgan fingerprint density at radius 2 is 2.00 bits per heavy atom. The molecule has 0 unspecified atom stereocenters. The van der Waals surface area contributed by atoms with E-state index in [4.69, 9.17) is 5.11 Å². The molecular weight excluding hydrogens is 252 g/mol. The number of rotatable bonds is 3. The summed E-state index contributed by atoms with van der Waals surface area (Å²) in [4.78, 5) is 27.0. The third-order valence-electron chi connectivity index (χ3n) is 2.33. The molecule has 2 N–H and O–H groups in total. The molecule has 0 aliphatic rings. The fourth-order valence-electron chi connectivity index (χ4n) is 1.35. The highest BCUT2D eigenvalue weighted by atomic mass is 32.1. The molecule has 92 valence electrons. The van der Waals surface area contributed by atoms with E-state index >= 15 is 0 Å². The van der Waals surface area contributed by atoms with Crippen molar-refractivity contribution in [1.82, 2.24) is 4.98 Å². The third-order valence-corrected chi connectivity index (χ3v) is 3.40. The van der Waals surface area contributed by atoms with Crippen LogP contribution in [0.4, 0.5) is 5.69 Å². The van der Waals surface area contributed by atoms with Crippen LogP contribution in [-0.4, -0.2) is 22.0 Å². The van der Waals surface area contributed by atoms with Gasteiger partial charge in [0.1, 0.15) is 4.88 Å². The van der Waals surface area contributed by atoms with Crippen LogP contribution in [0.5, 0.6) is 0 Å². The van der Waals surface area contributed by atoms with Crippen molar-refractivity contribution in [2.75, 3.05) is 5.32 Å². The molecule has 2 aromatic rings. The first kappa shape index (κ1) is 12.3. The lowest BCUT2D eigenvalue weighted by Crippen LogP contribution is -2.11. The third kappa shape index (κ3) is 2.54. The number of hydrogen-bond donors (Lipinski definition) is 2. The van der Waals surface area contributed by atoms with Crippen molar-refractivity contribution in [2.45, 2.75) is 6.92 Å². The molecule has 1 amide bonds. The minimum Gasteiger partial charge on any atom is -0.477 e. The zero-order chi connectivity index (χ0) is 13.1. The molecule has 0 radical (unpaired) electrons. The summed E-state index contributed by atoms with van der Waals surface area (Å²) in [6.45, 7) is 1.86. The summed E-state index contributed by atoms with van der Waals surface area (Å²) in [7, 11) is 0. The molecule has 0 saturated carbocycles. The summed E-state index contributed by atoms with van der Waals surface area (Å²) in [5, 5.41) is 11.5. The number of hydrogen-bond acceptors (Lipinski definition) is 4. The van der Waals surface area contributed by atoms with Crippen LogP contribution in [0.25, 0.3) is 0 Å². The van der Waals surface area contributed by atoms with Crippen LogP contribution in [-0.2, 0) is 0 Å². The number of carboxylic acids is 1. The Bertz CT molecular complexity index is 607. The summed E-state index contributed by atoms with van der Waals surface area (Å²) in [6, 6.07) is 4.69. The van der Waals surface area contributed by atoms with E-state index in [1.165, 1.54) is 12.1 Å². The van der Waals surface area contributed by atoms with Crippen LogP contribution in [0.3, 0.4) is 0 Å². The predicted molar refractivity (Wildman–Crippen MR) is 68.2 cm³/mol. The summed E-state index contributed by atoms with van der Waals surface area (Å²) in [6.07, 6.45) is 3.19. The van der Waals surface area contributed by atoms with Gasteiger partial charge >= 0.3 is 5.97 Å². The van der Waals surface area contributed by atoms with Gasteiger partial charge in [-0.3, -0.25) is 9.78 Å². The minimum atomic E-state index is -1.03. The molecule has 5 nitrogen and oxygen atoms in total. The van der Waals surface area contributed by atoms with Crippen molar-refractivity contribution < 1.29 is 14.7 Å². The summed E-state index contributed by atoms with van der Waals surface area (Å²) in [5.41, 5.74) is 1.51. The quantitative estimate of drug-likeness (QED) is 0.890. The number of pyridine rings is 1. The maximum absolute atomic E-state index is 11.9. The zero-order valence-corrected chi connectivity index (χ0v) is 10.3. The van der Waals surface area contributed by atoms with Gasteiger partial charge in [0.05, 0.1) is 16.8 Å². The van der Waals surface area contributed by atoms with Crippen LogP contribution >= 0.6 is 11.3 Å². The number of carbonyl (C=O) groups is 2. The minimum absolute atomic E-state index is 0.142. The zero-order valence-electron chi connectivity index (χ0n) is 9.51. The average molecular weight is 262 g/mol. The molecule has 2 aromatic heterocycles. The number of amides is 1. The maximum Gasteiger partial charge on any atom is 0.345 e. The second-order valence-corrected chi connectivity index (χ2v) is 4.70. The van der Waals surface area contributed by atoms with Crippen LogP contribution in [0, 0.1) is 6.92 Å². The van der Waals surface area contributed by atoms with Crippen molar-refractivity contribution >= 4 is 28.9 Å². The molecule has 0 saturated heterocycles. The Balaban J connectivity index is 2.17.